The predicted octanol–water partition coefficient (Wildman–Crippen LogP) is 4.68. The van der Waals surface area contributed by atoms with Crippen LogP contribution in [0.2, 0.25) is 0 Å². The molecule has 0 aliphatic heterocycles. The summed E-state index contributed by atoms with van der Waals surface area (Å²) >= 11 is 5.16. The van der Waals surface area contributed by atoms with Gasteiger partial charge in [0.15, 0.2) is 0 Å². The minimum Gasteiger partial charge on any atom is -0.276 e. The summed E-state index contributed by atoms with van der Waals surface area (Å²) < 4.78 is 0. The highest BCUT2D eigenvalue weighted by molar-refractivity contribution is 6.67. The molecule has 0 spiro atoms. The number of hydrogen-bond acceptors (Lipinski definition) is 1. The fourth-order valence-electron chi connectivity index (χ4n) is 1.77. The topological polar surface area (TPSA) is 17.1 Å². The van der Waals surface area contributed by atoms with Gasteiger partial charge in [-0.05, 0) is 32.4 Å². The molecule has 0 heterocycles. The normalized spacial score (nSPS) is 9.33. The van der Waals surface area contributed by atoms with Gasteiger partial charge in [-0.2, -0.15) is 0 Å². The Kier molecular flexibility index (Phi) is 5.60. The third kappa shape index (κ3) is 5.15. The maximum atomic E-state index is 10.4. The summed E-state index contributed by atoms with van der Waals surface area (Å²) in [4.78, 5) is 10.4. The summed E-state index contributed by atoms with van der Waals surface area (Å²) in [5.41, 5.74) is 4.60. The molecular weight excluding hydrogens is 244 g/mol. The lowest BCUT2D eigenvalue weighted by Crippen LogP contribution is -1.84. The summed E-state index contributed by atoms with van der Waals surface area (Å²) in [5, 5.41) is -0.407. The number of benzene rings is 2. The fraction of sp³-hybridized carbons (Fsp3) is 0.188. The lowest BCUT2D eigenvalue weighted by molar-refractivity contribution is 0.108. The number of hydrogen-bond donors (Lipinski definition) is 0. The van der Waals surface area contributed by atoms with Crippen molar-refractivity contribution >= 4 is 16.8 Å². The molecule has 2 aromatic rings. The Balaban J connectivity index is 0.000000180. The molecule has 18 heavy (non-hydrogen) atoms. The maximum absolute atomic E-state index is 10.4. The van der Waals surface area contributed by atoms with Gasteiger partial charge in [0.2, 0.25) is 0 Å². The van der Waals surface area contributed by atoms with E-state index in [4.69, 9.17) is 11.6 Å². The summed E-state index contributed by atoms with van der Waals surface area (Å²) in [6, 6.07) is 15.3. The molecule has 0 radical (unpaired) electrons. The van der Waals surface area contributed by atoms with E-state index in [0.717, 1.165) is 0 Å². The first-order chi connectivity index (χ1) is 8.49. The van der Waals surface area contributed by atoms with Gasteiger partial charge in [-0.25, -0.2) is 0 Å². The third-order valence-corrected chi connectivity index (χ3v) is 2.58. The molecule has 0 aliphatic rings. The average molecular weight is 261 g/mol. The second kappa shape index (κ2) is 6.97. The quantitative estimate of drug-likeness (QED) is 0.681. The van der Waals surface area contributed by atoms with E-state index >= 15 is 0 Å². The van der Waals surface area contributed by atoms with Gasteiger partial charge >= 0.3 is 0 Å². The highest BCUT2D eigenvalue weighted by Crippen LogP contribution is 2.06. The van der Waals surface area contributed by atoms with Crippen LogP contribution >= 0.6 is 11.6 Å². The van der Waals surface area contributed by atoms with E-state index in [0.29, 0.717) is 5.56 Å². The van der Waals surface area contributed by atoms with Gasteiger partial charge in [-0.3, -0.25) is 4.79 Å². The van der Waals surface area contributed by atoms with Crippen molar-refractivity contribution < 1.29 is 4.79 Å². The van der Waals surface area contributed by atoms with Crippen molar-refractivity contribution in [1.82, 2.24) is 0 Å². The number of aryl methyl sites for hydroxylation is 3. The molecule has 0 fully saturated rings. The van der Waals surface area contributed by atoms with Crippen LogP contribution < -0.4 is 0 Å². The minimum atomic E-state index is -0.407. The molecule has 0 bridgehead atoms. The van der Waals surface area contributed by atoms with Crippen molar-refractivity contribution in [2.45, 2.75) is 20.8 Å². The van der Waals surface area contributed by atoms with Crippen LogP contribution in [0.5, 0.6) is 0 Å². The molecule has 0 amide bonds. The monoisotopic (exact) mass is 260 g/mol. The zero-order valence-corrected chi connectivity index (χ0v) is 11.7. The van der Waals surface area contributed by atoms with Gasteiger partial charge in [-0.1, -0.05) is 65.2 Å². The Hall–Kier alpha value is -1.60. The van der Waals surface area contributed by atoms with Crippen LogP contribution in [0.1, 0.15) is 27.0 Å². The highest BCUT2D eigenvalue weighted by Gasteiger charge is 1.95. The molecule has 0 saturated carbocycles. The Bertz CT molecular complexity index is 467. The zero-order valence-electron chi connectivity index (χ0n) is 10.9. The maximum Gasteiger partial charge on any atom is 0.252 e. The van der Waals surface area contributed by atoms with E-state index in [1.165, 1.54) is 16.7 Å². The number of halogens is 1. The molecule has 0 aromatic heterocycles. The summed E-state index contributed by atoms with van der Waals surface area (Å²) in [6.07, 6.45) is 0. The molecule has 1 nitrogen and oxygen atoms in total. The van der Waals surface area contributed by atoms with E-state index in [1.54, 1.807) is 24.3 Å². The van der Waals surface area contributed by atoms with E-state index < -0.39 is 5.24 Å². The van der Waals surface area contributed by atoms with E-state index in [2.05, 4.69) is 39.0 Å². The van der Waals surface area contributed by atoms with Crippen LogP contribution in [-0.2, 0) is 0 Å². The molecular formula is C16H17ClO. The Labute approximate surface area is 113 Å². The van der Waals surface area contributed by atoms with Crippen molar-refractivity contribution in [2.75, 3.05) is 0 Å². The molecule has 2 heteroatoms. The molecule has 0 unspecified atom stereocenters. The smallest absolute Gasteiger partial charge is 0.252 e. The lowest BCUT2D eigenvalue weighted by atomic mass is 10.1. The number of carbonyl (C=O) groups is 1. The highest BCUT2D eigenvalue weighted by atomic mass is 35.5. The fourth-order valence-corrected chi connectivity index (χ4v) is 1.90. The van der Waals surface area contributed by atoms with E-state index in [-0.39, 0.29) is 0 Å². The van der Waals surface area contributed by atoms with Crippen LogP contribution in [0, 0.1) is 20.8 Å². The van der Waals surface area contributed by atoms with Gasteiger partial charge < -0.3 is 0 Å². The third-order valence-electron chi connectivity index (χ3n) is 2.37. The van der Waals surface area contributed by atoms with Crippen LogP contribution in [0.4, 0.5) is 0 Å². The number of rotatable bonds is 1. The second-order valence-corrected chi connectivity index (χ2v) is 4.65. The lowest BCUT2D eigenvalue weighted by Gasteiger charge is -1.96. The summed E-state index contributed by atoms with van der Waals surface area (Å²) in [6.45, 7) is 6.38. The molecule has 0 aliphatic carbocycles. The first kappa shape index (κ1) is 14.5. The average Bonchev–Trinajstić information content (AvgIpc) is 2.29. The van der Waals surface area contributed by atoms with E-state index in [1.807, 2.05) is 6.07 Å². The van der Waals surface area contributed by atoms with E-state index in [9.17, 15) is 4.79 Å². The van der Waals surface area contributed by atoms with Crippen molar-refractivity contribution in [1.29, 1.82) is 0 Å². The molecule has 94 valence electrons. The Morgan fingerprint density at radius 3 is 1.50 bits per heavy atom. The van der Waals surface area contributed by atoms with Gasteiger partial charge in [-0.15, -0.1) is 0 Å². The zero-order chi connectivity index (χ0) is 13.5. The van der Waals surface area contributed by atoms with Crippen LogP contribution in [-0.4, -0.2) is 5.24 Å². The van der Waals surface area contributed by atoms with Gasteiger partial charge in [0.1, 0.15) is 0 Å². The van der Waals surface area contributed by atoms with Crippen LogP contribution in [0.15, 0.2) is 48.5 Å². The molecule has 2 rings (SSSR count). The molecule has 0 atom stereocenters. The van der Waals surface area contributed by atoms with Crippen LogP contribution in [0.25, 0.3) is 0 Å². The van der Waals surface area contributed by atoms with Crippen molar-refractivity contribution in [2.24, 2.45) is 0 Å². The molecule has 2 aromatic carbocycles. The van der Waals surface area contributed by atoms with Gasteiger partial charge in [0.05, 0.1) is 0 Å². The SMILES string of the molecule is Cc1cc(C)cc(C)c1.O=C(Cl)c1ccccc1. The Morgan fingerprint density at radius 2 is 1.22 bits per heavy atom. The molecule has 0 saturated heterocycles. The first-order valence-electron chi connectivity index (χ1n) is 5.79. The first-order valence-corrected chi connectivity index (χ1v) is 6.16. The van der Waals surface area contributed by atoms with Gasteiger partial charge in [0.25, 0.3) is 5.24 Å². The van der Waals surface area contributed by atoms with Crippen molar-refractivity contribution in [3.8, 4) is 0 Å². The van der Waals surface area contributed by atoms with Crippen molar-refractivity contribution in [3.05, 3.63) is 70.8 Å². The summed E-state index contributed by atoms with van der Waals surface area (Å²) in [5.74, 6) is 0. The van der Waals surface area contributed by atoms with Gasteiger partial charge in [0, 0.05) is 5.56 Å². The Morgan fingerprint density at radius 1 is 0.833 bits per heavy atom. The second-order valence-electron chi connectivity index (χ2n) is 4.30. The van der Waals surface area contributed by atoms with Crippen molar-refractivity contribution in [3.63, 3.8) is 0 Å². The predicted molar refractivity (Wildman–Crippen MR) is 77.3 cm³/mol. The van der Waals surface area contributed by atoms with Crippen LogP contribution in [0.3, 0.4) is 0 Å². The largest absolute Gasteiger partial charge is 0.276 e. The standard InChI is InChI=1S/C9H12.C7H5ClO/c1-7-4-8(2)6-9(3)5-7;8-7(9)6-4-2-1-3-5-6/h4-6H,1-3H3;1-5H. The minimum absolute atomic E-state index is 0.407. The molecule has 0 N–H and O–H groups in total. The summed E-state index contributed by atoms with van der Waals surface area (Å²) in [7, 11) is 0. The number of carbonyl (C=O) groups excluding carboxylic acids is 1.